The van der Waals surface area contributed by atoms with Crippen molar-refractivity contribution < 1.29 is 22.7 Å². The number of alkyl halides is 3. The maximum atomic E-state index is 13.0. The van der Waals surface area contributed by atoms with Gasteiger partial charge in [-0.2, -0.15) is 13.2 Å². The zero-order valence-electron chi connectivity index (χ0n) is 11.9. The van der Waals surface area contributed by atoms with Crippen LogP contribution in [0, 0.1) is 0 Å². The predicted molar refractivity (Wildman–Crippen MR) is 80.9 cm³/mol. The first-order valence-corrected chi connectivity index (χ1v) is 7.39. The molecule has 2 aromatic rings. The van der Waals surface area contributed by atoms with Crippen LogP contribution in [-0.2, 0) is 6.18 Å². The van der Waals surface area contributed by atoms with Crippen molar-refractivity contribution >= 4 is 17.9 Å². The zero-order chi connectivity index (χ0) is 16.6. The minimum absolute atomic E-state index is 0.182. The van der Waals surface area contributed by atoms with Gasteiger partial charge in [-0.3, -0.25) is 4.79 Å². The zero-order valence-corrected chi connectivity index (χ0v) is 12.6. The summed E-state index contributed by atoms with van der Waals surface area (Å²) in [4.78, 5) is 10.8. The number of hydrogen-bond acceptors (Lipinski definition) is 2. The van der Waals surface area contributed by atoms with Crippen LogP contribution in [-0.4, -0.2) is 12.4 Å². The van der Waals surface area contributed by atoms with Gasteiger partial charge in [0.2, 0.25) is 0 Å². The van der Waals surface area contributed by atoms with Crippen LogP contribution in [0.4, 0.5) is 13.2 Å². The highest BCUT2D eigenvalue weighted by Crippen LogP contribution is 2.37. The van der Waals surface area contributed by atoms with Gasteiger partial charge < -0.3 is 4.74 Å². The molecule has 23 heavy (non-hydrogen) atoms. The Morgan fingerprint density at radius 1 is 1.09 bits per heavy atom. The Hall–Kier alpha value is -2.01. The molecule has 1 aliphatic carbocycles. The summed E-state index contributed by atoms with van der Waals surface area (Å²) >= 11 is 6.14. The Labute approximate surface area is 135 Å². The Balaban J connectivity index is 1.97. The van der Waals surface area contributed by atoms with Crippen LogP contribution >= 0.6 is 11.6 Å². The molecule has 0 amide bonds. The van der Waals surface area contributed by atoms with Crippen molar-refractivity contribution in [1.82, 2.24) is 0 Å². The molecule has 0 atom stereocenters. The van der Waals surface area contributed by atoms with Gasteiger partial charge in [0, 0.05) is 5.56 Å². The third-order valence-corrected chi connectivity index (χ3v) is 3.86. The third-order valence-electron chi connectivity index (χ3n) is 3.57. The second-order valence-electron chi connectivity index (χ2n) is 5.38. The van der Waals surface area contributed by atoms with Crippen LogP contribution in [0.15, 0.2) is 36.4 Å². The topological polar surface area (TPSA) is 26.3 Å². The molecule has 0 spiro atoms. The van der Waals surface area contributed by atoms with E-state index >= 15 is 0 Å². The summed E-state index contributed by atoms with van der Waals surface area (Å²) in [5.41, 5.74) is -0.482. The van der Waals surface area contributed by atoms with Crippen molar-refractivity contribution in [2.24, 2.45) is 0 Å². The fourth-order valence-electron chi connectivity index (χ4n) is 2.23. The first kappa shape index (κ1) is 15.9. The lowest BCUT2D eigenvalue weighted by atomic mass is 9.99. The van der Waals surface area contributed by atoms with Crippen LogP contribution in [0.3, 0.4) is 0 Å². The number of hydrogen-bond donors (Lipinski definition) is 0. The van der Waals surface area contributed by atoms with E-state index in [1.54, 1.807) is 18.2 Å². The normalized spacial score (nSPS) is 14.6. The van der Waals surface area contributed by atoms with Crippen molar-refractivity contribution in [1.29, 1.82) is 0 Å². The van der Waals surface area contributed by atoms with Gasteiger partial charge in [-0.15, -0.1) is 0 Å². The Bertz CT molecular complexity index is 752. The van der Waals surface area contributed by atoms with E-state index in [0.717, 1.165) is 25.0 Å². The maximum absolute atomic E-state index is 13.0. The van der Waals surface area contributed by atoms with E-state index in [9.17, 15) is 18.0 Å². The average molecular weight is 341 g/mol. The molecule has 2 nitrogen and oxygen atoms in total. The largest absolute Gasteiger partial charge is 0.489 e. The summed E-state index contributed by atoms with van der Waals surface area (Å²) < 4.78 is 44.7. The molecular formula is C17H12ClF3O2. The molecular weight excluding hydrogens is 329 g/mol. The summed E-state index contributed by atoms with van der Waals surface area (Å²) in [6.45, 7) is 0. The van der Waals surface area contributed by atoms with E-state index in [4.69, 9.17) is 16.3 Å². The molecule has 0 unspecified atom stereocenters. The number of carbonyl (C=O) groups excluding carboxylic acids is 1. The van der Waals surface area contributed by atoms with Crippen molar-refractivity contribution in [2.45, 2.75) is 25.1 Å². The second kappa shape index (κ2) is 5.89. The molecule has 0 aliphatic heterocycles. The van der Waals surface area contributed by atoms with E-state index in [-0.39, 0.29) is 18.0 Å². The Morgan fingerprint density at radius 3 is 2.30 bits per heavy atom. The summed E-state index contributed by atoms with van der Waals surface area (Å²) in [5.74, 6) is 0.526. The molecule has 6 heteroatoms. The van der Waals surface area contributed by atoms with Gasteiger partial charge in [-0.25, -0.2) is 0 Å². The highest BCUT2D eigenvalue weighted by Gasteiger charge is 2.33. The average Bonchev–Trinajstić information content (AvgIpc) is 3.32. The number of carbonyl (C=O) groups is 1. The van der Waals surface area contributed by atoms with Gasteiger partial charge in [0.15, 0.2) is 6.29 Å². The Kier molecular flexibility index (Phi) is 4.06. The van der Waals surface area contributed by atoms with E-state index in [0.29, 0.717) is 21.9 Å². The van der Waals surface area contributed by atoms with Crippen LogP contribution in [0.25, 0.3) is 11.1 Å². The monoisotopic (exact) mass is 340 g/mol. The SMILES string of the molecule is O=Cc1ccc(-c2ccc(OC3CC3)c(Cl)c2)cc1C(F)(F)F. The number of halogens is 4. The fourth-order valence-corrected chi connectivity index (χ4v) is 2.45. The standard InChI is InChI=1S/C17H12ClF3O2/c18-15-8-11(3-6-16(15)23-13-4-5-13)10-1-2-12(9-22)14(7-10)17(19,20)21/h1-3,6-9,13H,4-5H2. The Morgan fingerprint density at radius 2 is 1.74 bits per heavy atom. The molecule has 0 bridgehead atoms. The van der Waals surface area contributed by atoms with E-state index in [2.05, 4.69) is 0 Å². The molecule has 0 aromatic heterocycles. The van der Waals surface area contributed by atoms with E-state index in [1.807, 2.05) is 0 Å². The third kappa shape index (κ3) is 3.50. The molecule has 0 N–H and O–H groups in total. The number of rotatable bonds is 4. The van der Waals surface area contributed by atoms with Gasteiger partial charge >= 0.3 is 6.18 Å². The number of aldehydes is 1. The molecule has 0 saturated heterocycles. The van der Waals surface area contributed by atoms with Crippen molar-refractivity contribution in [3.8, 4) is 16.9 Å². The first-order chi connectivity index (χ1) is 10.9. The second-order valence-corrected chi connectivity index (χ2v) is 5.79. The van der Waals surface area contributed by atoms with Crippen molar-refractivity contribution in [3.63, 3.8) is 0 Å². The lowest BCUT2D eigenvalue weighted by Gasteiger charge is -2.13. The van der Waals surface area contributed by atoms with E-state index in [1.165, 1.54) is 6.07 Å². The molecule has 120 valence electrons. The van der Waals surface area contributed by atoms with Gasteiger partial charge in [0.05, 0.1) is 16.7 Å². The molecule has 1 fully saturated rings. The van der Waals surface area contributed by atoms with Gasteiger partial charge in [0.1, 0.15) is 5.75 Å². The van der Waals surface area contributed by atoms with Gasteiger partial charge in [-0.05, 0) is 42.2 Å². The molecule has 0 heterocycles. The van der Waals surface area contributed by atoms with Crippen LogP contribution in [0.1, 0.15) is 28.8 Å². The lowest BCUT2D eigenvalue weighted by molar-refractivity contribution is -0.137. The van der Waals surface area contributed by atoms with Gasteiger partial charge in [-0.1, -0.05) is 29.8 Å². The summed E-state index contributed by atoms with van der Waals surface area (Å²) in [6, 6.07) is 8.45. The lowest BCUT2D eigenvalue weighted by Crippen LogP contribution is -2.09. The fraction of sp³-hybridized carbons (Fsp3) is 0.235. The predicted octanol–water partition coefficient (Wildman–Crippen LogP) is 5.38. The minimum Gasteiger partial charge on any atom is -0.489 e. The minimum atomic E-state index is -4.59. The van der Waals surface area contributed by atoms with Crippen molar-refractivity contribution in [2.75, 3.05) is 0 Å². The van der Waals surface area contributed by atoms with Crippen molar-refractivity contribution in [3.05, 3.63) is 52.5 Å². The van der Waals surface area contributed by atoms with E-state index < -0.39 is 11.7 Å². The van der Waals surface area contributed by atoms with Crippen LogP contribution in [0.5, 0.6) is 5.75 Å². The number of ether oxygens (including phenoxy) is 1. The smallest absolute Gasteiger partial charge is 0.417 e. The maximum Gasteiger partial charge on any atom is 0.417 e. The summed E-state index contributed by atoms with van der Waals surface area (Å²) in [6.07, 6.45) is -2.24. The first-order valence-electron chi connectivity index (χ1n) is 7.01. The van der Waals surface area contributed by atoms with Crippen LogP contribution < -0.4 is 4.74 Å². The highest BCUT2D eigenvalue weighted by molar-refractivity contribution is 6.32. The van der Waals surface area contributed by atoms with Crippen LogP contribution in [0.2, 0.25) is 5.02 Å². The molecule has 1 aliphatic rings. The van der Waals surface area contributed by atoms with Gasteiger partial charge in [0.25, 0.3) is 0 Å². The molecule has 3 rings (SSSR count). The molecule has 2 aromatic carbocycles. The molecule has 0 radical (unpaired) electrons. The summed E-state index contributed by atoms with van der Waals surface area (Å²) in [5, 5.41) is 0.349. The quantitative estimate of drug-likeness (QED) is 0.698. The summed E-state index contributed by atoms with van der Waals surface area (Å²) in [7, 11) is 0. The number of benzene rings is 2. The molecule has 1 saturated carbocycles. The highest BCUT2D eigenvalue weighted by atomic mass is 35.5.